The van der Waals surface area contributed by atoms with E-state index in [1.54, 1.807) is 13.0 Å². The molecular formula is C22H23FN6O3. The van der Waals surface area contributed by atoms with Gasteiger partial charge < -0.3 is 10.6 Å². The molecule has 1 fully saturated rings. The molecule has 0 bridgehead atoms. The van der Waals surface area contributed by atoms with Crippen molar-refractivity contribution in [3.63, 3.8) is 0 Å². The highest BCUT2D eigenvalue weighted by Gasteiger charge is 2.19. The van der Waals surface area contributed by atoms with Gasteiger partial charge >= 0.3 is 0 Å². The number of hydrogen-bond donors (Lipinski definition) is 2. The van der Waals surface area contributed by atoms with Crippen molar-refractivity contribution < 1.29 is 14.0 Å². The molecule has 10 heteroatoms. The summed E-state index contributed by atoms with van der Waals surface area (Å²) in [6.45, 7) is 1.62. The van der Waals surface area contributed by atoms with Crippen molar-refractivity contribution in [3.8, 4) is 5.69 Å². The summed E-state index contributed by atoms with van der Waals surface area (Å²) in [7, 11) is 0. The minimum atomic E-state index is -0.755. The number of aromatic nitrogens is 4. The number of para-hydroxylation sites is 1. The molecule has 2 N–H and O–H groups in total. The second-order valence-electron chi connectivity index (χ2n) is 7.79. The van der Waals surface area contributed by atoms with E-state index in [0.29, 0.717) is 11.4 Å². The average Bonchev–Trinajstić information content (AvgIpc) is 3.41. The van der Waals surface area contributed by atoms with E-state index < -0.39 is 17.2 Å². The summed E-state index contributed by atoms with van der Waals surface area (Å²) in [5.41, 5.74) is -0.151. The molecule has 3 aromatic rings. The molecule has 166 valence electrons. The molecule has 0 atom stereocenters. The monoisotopic (exact) mass is 438 g/mol. The van der Waals surface area contributed by atoms with Gasteiger partial charge in [0, 0.05) is 24.0 Å². The maximum atomic E-state index is 14.2. The summed E-state index contributed by atoms with van der Waals surface area (Å²) in [5.74, 6) is -1.43. The third-order valence-electron chi connectivity index (χ3n) is 5.32. The lowest BCUT2D eigenvalue weighted by atomic mass is 10.2. The Morgan fingerprint density at radius 2 is 1.97 bits per heavy atom. The van der Waals surface area contributed by atoms with Gasteiger partial charge in [-0.2, -0.15) is 10.2 Å². The van der Waals surface area contributed by atoms with Crippen molar-refractivity contribution in [1.82, 2.24) is 24.9 Å². The zero-order valence-electron chi connectivity index (χ0n) is 17.5. The van der Waals surface area contributed by atoms with Gasteiger partial charge in [-0.3, -0.25) is 19.1 Å². The Balaban J connectivity index is 1.47. The minimum Gasteiger partial charge on any atom is -0.352 e. The Hall–Kier alpha value is -3.82. The zero-order valence-corrected chi connectivity index (χ0v) is 17.5. The van der Waals surface area contributed by atoms with E-state index in [-0.39, 0.29) is 29.9 Å². The molecule has 1 aliphatic carbocycles. The van der Waals surface area contributed by atoms with Crippen LogP contribution in [0.5, 0.6) is 0 Å². The van der Waals surface area contributed by atoms with Crippen molar-refractivity contribution >= 4 is 17.5 Å². The second-order valence-corrected chi connectivity index (χ2v) is 7.79. The second kappa shape index (κ2) is 9.13. The summed E-state index contributed by atoms with van der Waals surface area (Å²) in [6, 6.07) is 7.38. The number of rotatable bonds is 6. The summed E-state index contributed by atoms with van der Waals surface area (Å²) < 4.78 is 16.8. The van der Waals surface area contributed by atoms with Crippen LogP contribution in [0, 0.1) is 12.7 Å². The maximum absolute atomic E-state index is 14.2. The normalized spacial score (nSPS) is 13.8. The summed E-state index contributed by atoms with van der Waals surface area (Å²) >= 11 is 0. The lowest BCUT2D eigenvalue weighted by molar-refractivity contribution is -0.122. The zero-order chi connectivity index (χ0) is 22.7. The predicted molar refractivity (Wildman–Crippen MR) is 115 cm³/mol. The molecule has 1 aromatic carbocycles. The van der Waals surface area contributed by atoms with Gasteiger partial charge in [0.15, 0.2) is 5.69 Å². The van der Waals surface area contributed by atoms with Crippen molar-refractivity contribution in [2.24, 2.45) is 0 Å². The first-order valence-electron chi connectivity index (χ1n) is 10.4. The molecule has 32 heavy (non-hydrogen) atoms. The summed E-state index contributed by atoms with van der Waals surface area (Å²) in [4.78, 5) is 37.2. The third kappa shape index (κ3) is 4.74. The SMILES string of the molecule is Cc1cc(=O)c(C(=O)Nc2cnn(CC(=O)NC3CCCC3)c2)nn1-c1ccccc1F. The molecule has 0 unspecified atom stereocenters. The van der Waals surface area contributed by atoms with Gasteiger partial charge in [-0.1, -0.05) is 25.0 Å². The largest absolute Gasteiger partial charge is 0.352 e. The third-order valence-corrected chi connectivity index (χ3v) is 5.32. The Morgan fingerprint density at radius 1 is 1.22 bits per heavy atom. The van der Waals surface area contributed by atoms with Gasteiger partial charge in [-0.25, -0.2) is 9.07 Å². The number of nitrogens with zero attached hydrogens (tertiary/aromatic N) is 4. The fourth-order valence-corrected chi connectivity index (χ4v) is 3.77. The number of benzene rings is 1. The van der Waals surface area contributed by atoms with Gasteiger partial charge in [0.1, 0.15) is 18.0 Å². The van der Waals surface area contributed by atoms with E-state index in [2.05, 4.69) is 20.8 Å². The van der Waals surface area contributed by atoms with E-state index in [1.807, 2.05) is 0 Å². The quantitative estimate of drug-likeness (QED) is 0.613. The van der Waals surface area contributed by atoms with Crippen LogP contribution in [0.1, 0.15) is 41.9 Å². The van der Waals surface area contributed by atoms with E-state index in [4.69, 9.17) is 0 Å². The lowest BCUT2D eigenvalue weighted by Crippen LogP contribution is -2.35. The standard InChI is InChI=1S/C22H23FN6O3/c1-14-10-19(30)21(27-29(14)18-9-5-4-8-17(18)23)22(32)26-16-11-24-28(12-16)13-20(31)25-15-6-2-3-7-15/h4-5,8-12,15H,2-3,6-7,13H2,1H3,(H,25,31)(H,26,32). The van der Waals surface area contributed by atoms with Crippen molar-refractivity contribution in [3.05, 3.63) is 70.2 Å². The van der Waals surface area contributed by atoms with Gasteiger partial charge in [-0.15, -0.1) is 0 Å². The van der Waals surface area contributed by atoms with Crippen LogP contribution in [0.15, 0.2) is 47.5 Å². The van der Waals surface area contributed by atoms with E-state index in [1.165, 1.54) is 46.0 Å². The van der Waals surface area contributed by atoms with Crippen LogP contribution in [0.25, 0.3) is 5.69 Å². The number of aryl methyl sites for hydroxylation is 1. The molecule has 0 radical (unpaired) electrons. The minimum absolute atomic E-state index is 0.0231. The van der Waals surface area contributed by atoms with Crippen LogP contribution >= 0.6 is 0 Å². The van der Waals surface area contributed by atoms with E-state index >= 15 is 0 Å². The molecule has 0 spiro atoms. The van der Waals surface area contributed by atoms with Crippen LogP contribution < -0.4 is 16.1 Å². The fraction of sp³-hybridized carbons (Fsp3) is 0.318. The molecule has 4 rings (SSSR count). The molecule has 1 saturated carbocycles. The van der Waals surface area contributed by atoms with Crippen LogP contribution in [-0.2, 0) is 11.3 Å². The summed E-state index contributed by atoms with van der Waals surface area (Å²) in [6.07, 6.45) is 7.09. The number of nitrogens with one attached hydrogen (secondary N) is 2. The van der Waals surface area contributed by atoms with Crippen LogP contribution in [-0.4, -0.2) is 37.4 Å². The highest BCUT2D eigenvalue weighted by molar-refractivity contribution is 6.02. The number of carbonyl (C=O) groups excluding carboxylic acids is 2. The summed E-state index contributed by atoms with van der Waals surface area (Å²) in [5, 5.41) is 13.7. The van der Waals surface area contributed by atoms with Gasteiger partial charge in [0.2, 0.25) is 11.3 Å². The molecule has 0 aliphatic heterocycles. The Labute approximate surface area is 183 Å². The number of hydrogen-bond acceptors (Lipinski definition) is 5. The Morgan fingerprint density at radius 3 is 2.72 bits per heavy atom. The topological polar surface area (TPSA) is 111 Å². The Kier molecular flexibility index (Phi) is 6.11. The van der Waals surface area contributed by atoms with Gasteiger partial charge in [-0.05, 0) is 31.9 Å². The molecule has 9 nitrogen and oxygen atoms in total. The smallest absolute Gasteiger partial charge is 0.280 e. The van der Waals surface area contributed by atoms with Crippen LogP contribution in [0.3, 0.4) is 0 Å². The van der Waals surface area contributed by atoms with Crippen molar-refractivity contribution in [1.29, 1.82) is 0 Å². The number of anilines is 1. The maximum Gasteiger partial charge on any atom is 0.280 e. The van der Waals surface area contributed by atoms with E-state index in [0.717, 1.165) is 25.7 Å². The van der Waals surface area contributed by atoms with Crippen molar-refractivity contribution in [2.75, 3.05) is 5.32 Å². The first-order chi connectivity index (χ1) is 15.4. The predicted octanol–water partition coefficient (Wildman–Crippen LogP) is 2.19. The fourth-order valence-electron chi connectivity index (χ4n) is 3.77. The van der Waals surface area contributed by atoms with Gasteiger partial charge in [0.05, 0.1) is 11.9 Å². The number of carbonyl (C=O) groups is 2. The molecule has 2 aromatic heterocycles. The number of amides is 2. The van der Waals surface area contributed by atoms with Crippen LogP contribution in [0.4, 0.5) is 10.1 Å². The average molecular weight is 438 g/mol. The Bertz CT molecular complexity index is 1210. The highest BCUT2D eigenvalue weighted by atomic mass is 19.1. The first kappa shape index (κ1) is 21.4. The van der Waals surface area contributed by atoms with Crippen molar-refractivity contribution in [2.45, 2.75) is 45.2 Å². The first-order valence-corrected chi connectivity index (χ1v) is 10.4. The molecular weight excluding hydrogens is 415 g/mol. The molecule has 1 aliphatic rings. The molecule has 2 amide bonds. The van der Waals surface area contributed by atoms with Gasteiger partial charge in [0.25, 0.3) is 5.91 Å². The molecule has 0 saturated heterocycles. The highest BCUT2D eigenvalue weighted by Crippen LogP contribution is 2.17. The molecule has 2 heterocycles. The van der Waals surface area contributed by atoms with Crippen LogP contribution in [0.2, 0.25) is 0 Å². The lowest BCUT2D eigenvalue weighted by Gasteiger charge is -2.12. The number of halogens is 1. The van der Waals surface area contributed by atoms with E-state index in [9.17, 15) is 18.8 Å².